The van der Waals surface area contributed by atoms with Crippen molar-refractivity contribution in [3.8, 4) is 17.6 Å². The zero-order valence-electron chi connectivity index (χ0n) is 23.7. The van der Waals surface area contributed by atoms with E-state index in [1.165, 1.54) is 0 Å². The third-order valence-corrected chi connectivity index (χ3v) is 7.92. The molecule has 11 heteroatoms. The van der Waals surface area contributed by atoms with Crippen molar-refractivity contribution in [3.63, 3.8) is 0 Å². The summed E-state index contributed by atoms with van der Waals surface area (Å²) in [4.78, 5) is 45.8. The van der Waals surface area contributed by atoms with Gasteiger partial charge in [-0.3, -0.25) is 14.4 Å². The van der Waals surface area contributed by atoms with Crippen molar-refractivity contribution in [3.05, 3.63) is 82.9 Å². The fourth-order valence-electron chi connectivity index (χ4n) is 5.56. The maximum Gasteiger partial charge on any atom is 0.255 e. The number of anilines is 2. The summed E-state index contributed by atoms with van der Waals surface area (Å²) in [5, 5.41) is 15.4. The largest absolute Gasteiger partial charge is 0.454 e. The molecular formula is C32H32N6O5. The van der Waals surface area contributed by atoms with Gasteiger partial charge in [0.15, 0.2) is 11.5 Å². The second kappa shape index (κ2) is 12.4. The molecular weight excluding hydrogens is 548 g/mol. The highest BCUT2D eigenvalue weighted by Gasteiger charge is 2.26. The minimum Gasteiger partial charge on any atom is -0.454 e. The first kappa shape index (κ1) is 28.1. The molecule has 2 fully saturated rings. The highest BCUT2D eigenvalue weighted by Crippen LogP contribution is 2.33. The van der Waals surface area contributed by atoms with Gasteiger partial charge in [-0.05, 0) is 67.1 Å². The number of rotatable bonds is 5. The molecule has 3 heterocycles. The number of fused-ring (bicyclic) bond motifs is 1. The Labute approximate surface area is 249 Å². The fraction of sp³-hybridized carbons (Fsp3) is 0.312. The van der Waals surface area contributed by atoms with Crippen molar-refractivity contribution in [1.29, 1.82) is 5.26 Å². The predicted octanol–water partition coefficient (Wildman–Crippen LogP) is 2.94. The van der Waals surface area contributed by atoms with Crippen LogP contribution >= 0.6 is 0 Å². The second-order valence-electron chi connectivity index (χ2n) is 10.6. The fourth-order valence-corrected chi connectivity index (χ4v) is 5.56. The first-order chi connectivity index (χ1) is 21.0. The lowest BCUT2D eigenvalue weighted by Crippen LogP contribution is -2.46. The lowest BCUT2D eigenvalue weighted by atomic mass is 10.1. The molecule has 2 N–H and O–H groups in total. The van der Waals surface area contributed by atoms with E-state index in [0.29, 0.717) is 78.7 Å². The highest BCUT2D eigenvalue weighted by molar-refractivity contribution is 6.07. The van der Waals surface area contributed by atoms with Crippen LogP contribution in [0.15, 0.2) is 60.7 Å². The summed E-state index contributed by atoms with van der Waals surface area (Å²) in [6.45, 7) is 5.13. The van der Waals surface area contributed by atoms with Gasteiger partial charge in [0.1, 0.15) is 0 Å². The molecule has 0 atom stereocenters. The second-order valence-corrected chi connectivity index (χ2v) is 10.6. The Hall–Kier alpha value is -5.08. The summed E-state index contributed by atoms with van der Waals surface area (Å²) >= 11 is 0. The van der Waals surface area contributed by atoms with Crippen LogP contribution in [0.4, 0.5) is 11.4 Å². The molecule has 3 aromatic carbocycles. The molecule has 6 rings (SSSR count). The van der Waals surface area contributed by atoms with Crippen LogP contribution in [0.1, 0.15) is 43.1 Å². The Morgan fingerprint density at radius 3 is 2.19 bits per heavy atom. The molecule has 3 aromatic rings. The van der Waals surface area contributed by atoms with Crippen LogP contribution in [-0.4, -0.2) is 86.7 Å². The van der Waals surface area contributed by atoms with Gasteiger partial charge in [-0.15, -0.1) is 0 Å². The average Bonchev–Trinajstić information content (AvgIpc) is 3.40. The van der Waals surface area contributed by atoms with Gasteiger partial charge in [-0.2, -0.15) is 5.26 Å². The van der Waals surface area contributed by atoms with Crippen LogP contribution in [0.2, 0.25) is 0 Å². The molecule has 43 heavy (non-hydrogen) atoms. The van der Waals surface area contributed by atoms with Gasteiger partial charge in [0.2, 0.25) is 6.79 Å². The molecule has 3 aliphatic rings. The molecule has 2 saturated heterocycles. The predicted molar refractivity (Wildman–Crippen MR) is 160 cm³/mol. The van der Waals surface area contributed by atoms with Crippen LogP contribution in [0.5, 0.6) is 11.5 Å². The summed E-state index contributed by atoms with van der Waals surface area (Å²) in [5.74, 6) is 0.699. The summed E-state index contributed by atoms with van der Waals surface area (Å²) in [5.41, 5.74) is 3.20. The number of ether oxygens (including phenoxy) is 2. The Balaban J connectivity index is 1.23. The molecule has 0 saturated carbocycles. The summed E-state index contributed by atoms with van der Waals surface area (Å²) in [7, 11) is 0. The van der Waals surface area contributed by atoms with E-state index in [9.17, 15) is 14.4 Å². The number of amides is 3. The Morgan fingerprint density at radius 1 is 0.744 bits per heavy atom. The van der Waals surface area contributed by atoms with Gasteiger partial charge in [0, 0.05) is 69.0 Å². The van der Waals surface area contributed by atoms with E-state index in [1.54, 1.807) is 54.6 Å². The lowest BCUT2D eigenvalue weighted by molar-refractivity contribution is 0.0734. The molecule has 220 valence electrons. The van der Waals surface area contributed by atoms with Crippen LogP contribution < -0.4 is 25.0 Å². The standard InChI is InChI=1S/C32H32N6O5/c33-20-22-2-4-23(5-3-22)30(39)35-26-18-24(31(40)38-14-10-34-11-15-38)6-8-27(26)36-12-1-13-37(17-16-36)32(41)25-7-9-28-29(19-25)43-21-42-28/h2-9,18-19,34H,1,10-17,21H2,(H,35,39). The summed E-state index contributed by atoms with van der Waals surface area (Å²) in [6.07, 6.45) is 0.723. The number of piperazine rings is 1. The maximum atomic E-state index is 13.4. The van der Waals surface area contributed by atoms with Gasteiger partial charge < -0.3 is 34.8 Å². The van der Waals surface area contributed by atoms with Gasteiger partial charge in [-0.25, -0.2) is 0 Å². The maximum absolute atomic E-state index is 13.4. The van der Waals surface area contributed by atoms with Crippen molar-refractivity contribution in [1.82, 2.24) is 15.1 Å². The third-order valence-electron chi connectivity index (χ3n) is 7.92. The Kier molecular flexibility index (Phi) is 8.11. The zero-order chi connectivity index (χ0) is 29.8. The molecule has 0 radical (unpaired) electrons. The number of nitrogens with one attached hydrogen (secondary N) is 2. The average molecular weight is 581 g/mol. The molecule has 0 aliphatic carbocycles. The Morgan fingerprint density at radius 2 is 1.42 bits per heavy atom. The normalized spacial score (nSPS) is 16.3. The molecule has 0 aromatic heterocycles. The minimum atomic E-state index is -0.341. The molecule has 0 spiro atoms. The lowest BCUT2D eigenvalue weighted by Gasteiger charge is -2.29. The minimum absolute atomic E-state index is 0.0774. The Bertz CT molecular complexity index is 1580. The van der Waals surface area contributed by atoms with E-state index in [0.717, 1.165) is 25.2 Å². The smallest absolute Gasteiger partial charge is 0.255 e. The van der Waals surface area contributed by atoms with Crippen LogP contribution in [0.25, 0.3) is 0 Å². The van der Waals surface area contributed by atoms with Crippen molar-refractivity contribution in [2.24, 2.45) is 0 Å². The monoisotopic (exact) mass is 580 g/mol. The number of hydrogen-bond donors (Lipinski definition) is 2. The molecule has 0 bridgehead atoms. The van der Waals surface area contributed by atoms with Crippen molar-refractivity contribution < 1.29 is 23.9 Å². The quantitative estimate of drug-likeness (QED) is 0.472. The number of carbonyl (C=O) groups excluding carboxylic acids is 3. The number of carbonyl (C=O) groups is 3. The zero-order valence-corrected chi connectivity index (χ0v) is 23.7. The molecule has 3 amide bonds. The summed E-state index contributed by atoms with van der Waals surface area (Å²) in [6, 6.07) is 19.1. The van der Waals surface area contributed by atoms with Gasteiger partial charge in [-0.1, -0.05) is 0 Å². The highest BCUT2D eigenvalue weighted by atomic mass is 16.7. The van der Waals surface area contributed by atoms with Crippen LogP contribution in [-0.2, 0) is 0 Å². The SMILES string of the molecule is N#Cc1ccc(C(=O)Nc2cc(C(=O)N3CCNCC3)ccc2N2CCCN(C(=O)c3ccc4c(c3)OCO4)CC2)cc1. The van der Waals surface area contributed by atoms with Gasteiger partial charge >= 0.3 is 0 Å². The summed E-state index contributed by atoms with van der Waals surface area (Å²) < 4.78 is 10.8. The van der Waals surface area contributed by atoms with E-state index < -0.39 is 0 Å². The van der Waals surface area contributed by atoms with Gasteiger partial charge in [0.05, 0.1) is 23.0 Å². The van der Waals surface area contributed by atoms with Gasteiger partial charge in [0.25, 0.3) is 17.7 Å². The van der Waals surface area contributed by atoms with Crippen molar-refractivity contribution >= 4 is 29.1 Å². The van der Waals surface area contributed by atoms with Crippen LogP contribution in [0.3, 0.4) is 0 Å². The number of nitrogens with zero attached hydrogens (tertiary/aromatic N) is 4. The molecule has 3 aliphatic heterocycles. The number of hydrogen-bond acceptors (Lipinski definition) is 8. The van der Waals surface area contributed by atoms with Crippen LogP contribution in [0, 0.1) is 11.3 Å². The van der Waals surface area contributed by atoms with E-state index in [1.807, 2.05) is 15.9 Å². The number of nitriles is 1. The van der Waals surface area contributed by atoms with E-state index in [4.69, 9.17) is 14.7 Å². The van der Waals surface area contributed by atoms with E-state index in [2.05, 4.69) is 21.6 Å². The third kappa shape index (κ3) is 6.10. The topological polar surface area (TPSA) is 127 Å². The van der Waals surface area contributed by atoms with Crippen molar-refractivity contribution in [2.45, 2.75) is 6.42 Å². The molecule has 0 unspecified atom stereocenters. The van der Waals surface area contributed by atoms with E-state index >= 15 is 0 Å². The molecule has 11 nitrogen and oxygen atoms in total. The first-order valence-corrected chi connectivity index (χ1v) is 14.4. The number of benzene rings is 3. The van der Waals surface area contributed by atoms with Crippen molar-refractivity contribution in [2.75, 3.05) is 69.4 Å². The van der Waals surface area contributed by atoms with E-state index in [-0.39, 0.29) is 24.5 Å². The first-order valence-electron chi connectivity index (χ1n) is 14.4.